The predicted molar refractivity (Wildman–Crippen MR) is 301 cm³/mol. The standard InChI is InChI=1S/C54H66ClN9O16S2/c1-52(2,3)77-49(68)54(7,8)80-62-43(38-30-81-50(58-38)60-51(69)78-53(4,5)6)47(66)59-44-39(64(48(44)67)82(70,71)72)26-57-46(65)41-25-37(61-79-41)33-21-23-63(27-33)24-22-56-36-19-20-40(75-28-31-11-15-34(73-9)16-12-31)45(42(36)55)76-29-32-13-17-35(74-10)18-14-32/h11-20,25,30,33,39,44,56H,21-24,26-29H2,1-10H3,(H,57,65)(H,59,66)(H,58,60,69)(H,70,71,72)/b62-43-/t33-,39-,44+/m1/s1. The summed E-state index contributed by atoms with van der Waals surface area (Å²) in [6.07, 6.45) is -0.173. The molecule has 0 radical (unpaired) electrons. The van der Waals surface area contributed by atoms with Crippen LogP contribution in [0.3, 0.4) is 0 Å². The number of likely N-dealkylation sites (tertiary alicyclic amines) is 1. The van der Waals surface area contributed by atoms with Crippen molar-refractivity contribution in [2.75, 3.05) is 57.6 Å². The molecule has 0 bridgehead atoms. The van der Waals surface area contributed by atoms with Gasteiger partial charge in [-0.1, -0.05) is 46.2 Å². The number of halogens is 1. The highest BCUT2D eigenvalue weighted by Gasteiger charge is 2.54. The molecule has 82 heavy (non-hydrogen) atoms. The Morgan fingerprint density at radius 2 is 1.52 bits per heavy atom. The van der Waals surface area contributed by atoms with Crippen molar-refractivity contribution in [1.82, 2.24) is 30.0 Å². The number of ether oxygens (including phenoxy) is 6. The number of oxime groups is 1. The van der Waals surface area contributed by atoms with Gasteiger partial charge in [-0.2, -0.15) is 8.42 Å². The van der Waals surface area contributed by atoms with Crippen LogP contribution < -0.4 is 40.2 Å². The number of β-lactam (4-membered cyclic amide) rings is 1. The Morgan fingerprint density at radius 3 is 2.13 bits per heavy atom. The Bertz CT molecular complexity index is 3250. The van der Waals surface area contributed by atoms with Gasteiger partial charge in [-0.15, -0.1) is 11.3 Å². The van der Waals surface area contributed by atoms with Crippen LogP contribution >= 0.6 is 22.9 Å². The Kier molecular flexibility index (Phi) is 19.6. The second-order valence-corrected chi connectivity index (χ2v) is 23.9. The SMILES string of the molecule is COc1ccc(COc2ccc(NCCN3CC[C@@H](c4cc(C(=O)NC[C@@H]5[C@H](NC(=O)/C(=N\OC(C)(C)C(=O)OC(C)(C)C)c6csc(NC(=O)OC(C)(C)C)n6)C(=O)N5S(=O)(=O)O)on4)C3)c(Cl)c2OCc2ccc(OC)cc2)cc1. The smallest absolute Gasteiger partial charge is 0.413 e. The molecule has 4 heterocycles. The maximum absolute atomic E-state index is 14.0. The number of rotatable bonds is 24. The minimum atomic E-state index is -5.22. The molecule has 0 unspecified atom stereocenters. The summed E-state index contributed by atoms with van der Waals surface area (Å²) in [5.74, 6) is -2.19. The average Bonchev–Trinajstić information content (AvgIpc) is 4.02. The number of aromatic nitrogens is 2. The van der Waals surface area contributed by atoms with Gasteiger partial charge < -0.3 is 58.6 Å². The van der Waals surface area contributed by atoms with Crippen LogP contribution in [0.15, 0.2) is 81.8 Å². The molecular weight excluding hydrogens is 1130 g/mol. The van der Waals surface area contributed by atoms with Crippen molar-refractivity contribution in [3.8, 4) is 23.0 Å². The van der Waals surface area contributed by atoms with Crippen LogP contribution in [0.2, 0.25) is 5.02 Å². The zero-order chi connectivity index (χ0) is 59.7. The van der Waals surface area contributed by atoms with Gasteiger partial charge in [-0.3, -0.25) is 24.3 Å². The molecule has 5 N–H and O–H groups in total. The van der Waals surface area contributed by atoms with E-state index in [2.05, 4.69) is 41.5 Å². The van der Waals surface area contributed by atoms with Gasteiger partial charge in [0.15, 0.2) is 22.3 Å². The molecule has 2 fully saturated rings. The molecule has 3 aromatic carbocycles. The fourth-order valence-corrected chi connectivity index (χ4v) is 10.0. The summed E-state index contributed by atoms with van der Waals surface area (Å²) in [6, 6.07) is 16.9. The predicted octanol–water partition coefficient (Wildman–Crippen LogP) is 6.98. The fourth-order valence-electron chi connectivity index (χ4n) is 8.19. The maximum atomic E-state index is 14.0. The van der Waals surface area contributed by atoms with Crippen molar-refractivity contribution in [2.24, 2.45) is 5.16 Å². The van der Waals surface area contributed by atoms with Gasteiger partial charge in [0.05, 0.1) is 31.6 Å². The lowest BCUT2D eigenvalue weighted by atomic mass is 9.98. The lowest BCUT2D eigenvalue weighted by Gasteiger charge is -2.44. The number of nitrogens with one attached hydrogen (secondary N) is 4. The summed E-state index contributed by atoms with van der Waals surface area (Å²) in [5, 5.41) is 20.4. The third-order valence-corrected chi connectivity index (χ3v) is 14.4. The lowest BCUT2D eigenvalue weighted by Crippen LogP contribution is -2.74. The molecular formula is C54H66ClN9O16S2. The average molecular weight is 1200 g/mol. The normalized spacial score (nSPS) is 16.8. The molecule has 2 saturated heterocycles. The highest BCUT2D eigenvalue weighted by atomic mass is 35.5. The van der Waals surface area contributed by atoms with Crippen LogP contribution in [0.1, 0.15) is 101 Å². The molecule has 28 heteroatoms. The molecule has 2 aliphatic rings. The monoisotopic (exact) mass is 1200 g/mol. The Morgan fingerprint density at radius 1 is 0.890 bits per heavy atom. The summed E-state index contributed by atoms with van der Waals surface area (Å²) in [7, 11) is -2.02. The van der Waals surface area contributed by atoms with Gasteiger partial charge in [0, 0.05) is 43.5 Å². The minimum absolute atomic E-state index is 0.0386. The van der Waals surface area contributed by atoms with E-state index in [-0.39, 0.29) is 40.0 Å². The number of carbonyl (C=O) groups excluding carboxylic acids is 5. The number of methoxy groups -OCH3 is 2. The van der Waals surface area contributed by atoms with Gasteiger partial charge in [0.1, 0.15) is 52.7 Å². The quantitative estimate of drug-likeness (QED) is 0.0137. The van der Waals surface area contributed by atoms with E-state index in [9.17, 15) is 36.9 Å². The van der Waals surface area contributed by atoms with Crippen LogP contribution in [0, 0.1) is 0 Å². The summed E-state index contributed by atoms with van der Waals surface area (Å²) in [6.45, 7) is 14.7. The fraction of sp³-hybridized carbons (Fsp3) is 0.444. The largest absolute Gasteiger partial charge is 0.497 e. The van der Waals surface area contributed by atoms with Crippen LogP contribution in [-0.4, -0.2) is 144 Å². The first kappa shape index (κ1) is 61.9. The number of amides is 4. The van der Waals surface area contributed by atoms with Crippen molar-refractivity contribution in [1.29, 1.82) is 0 Å². The third-order valence-electron chi connectivity index (χ3n) is 12.3. The molecule has 3 atom stereocenters. The molecule has 2 aliphatic heterocycles. The number of hydrogen-bond acceptors (Lipinski definition) is 21. The van der Waals surface area contributed by atoms with Crippen LogP contribution in [0.25, 0.3) is 0 Å². The highest BCUT2D eigenvalue weighted by molar-refractivity contribution is 7.84. The van der Waals surface area contributed by atoms with Gasteiger partial charge in [0.25, 0.3) is 17.7 Å². The number of nitrogens with zero attached hydrogens (tertiary/aromatic N) is 5. The summed E-state index contributed by atoms with van der Waals surface area (Å²) in [5.41, 5.74) is -1.46. The van der Waals surface area contributed by atoms with Gasteiger partial charge in [-0.05, 0) is 116 Å². The van der Waals surface area contributed by atoms with Crippen LogP contribution in [0.4, 0.5) is 15.6 Å². The molecule has 0 aliphatic carbocycles. The van der Waals surface area contributed by atoms with Crippen molar-refractivity contribution in [3.05, 3.63) is 105 Å². The number of anilines is 2. The second kappa shape index (κ2) is 26.0. The molecule has 0 saturated carbocycles. The minimum Gasteiger partial charge on any atom is -0.497 e. The lowest BCUT2D eigenvalue weighted by molar-refractivity contribution is -0.179. The van der Waals surface area contributed by atoms with E-state index in [0.29, 0.717) is 66.3 Å². The van der Waals surface area contributed by atoms with Crippen molar-refractivity contribution in [3.63, 3.8) is 0 Å². The van der Waals surface area contributed by atoms with Crippen molar-refractivity contribution in [2.45, 2.75) is 110 Å². The summed E-state index contributed by atoms with van der Waals surface area (Å²) >= 11 is 7.88. The van der Waals surface area contributed by atoms with E-state index >= 15 is 0 Å². The summed E-state index contributed by atoms with van der Waals surface area (Å²) < 4.78 is 74.2. The van der Waals surface area contributed by atoms with Crippen molar-refractivity contribution >= 4 is 79.6 Å². The topological polar surface area (TPSA) is 310 Å². The molecule has 7 rings (SSSR count). The van der Waals surface area contributed by atoms with E-state index in [0.717, 1.165) is 28.2 Å². The van der Waals surface area contributed by atoms with E-state index in [1.165, 1.54) is 25.3 Å². The number of thiazole rings is 1. The Labute approximate surface area is 483 Å². The Hall–Kier alpha value is -7.72. The zero-order valence-corrected chi connectivity index (χ0v) is 49.2. The van der Waals surface area contributed by atoms with E-state index in [1.54, 1.807) is 61.8 Å². The Balaban J connectivity index is 0.967. The number of carbonyl (C=O) groups is 5. The van der Waals surface area contributed by atoms with E-state index in [1.807, 2.05) is 54.6 Å². The molecule has 2 aromatic heterocycles. The van der Waals surface area contributed by atoms with Gasteiger partial charge in [-0.25, -0.2) is 18.9 Å². The van der Waals surface area contributed by atoms with E-state index < -0.39 is 81.2 Å². The van der Waals surface area contributed by atoms with Crippen LogP contribution in [0.5, 0.6) is 23.0 Å². The van der Waals surface area contributed by atoms with E-state index in [4.69, 9.17) is 49.4 Å². The first-order valence-corrected chi connectivity index (χ1v) is 28.4. The summed E-state index contributed by atoms with van der Waals surface area (Å²) in [4.78, 5) is 78.4. The number of hydrogen-bond donors (Lipinski definition) is 5. The molecule has 25 nitrogen and oxygen atoms in total. The number of benzene rings is 3. The zero-order valence-electron chi connectivity index (χ0n) is 46.8. The molecule has 442 valence electrons. The van der Waals surface area contributed by atoms with Crippen LogP contribution in [-0.2, 0) is 52.2 Å². The second-order valence-electron chi connectivity index (χ2n) is 21.4. The molecule has 5 aromatic rings. The highest BCUT2D eigenvalue weighted by Crippen LogP contribution is 2.42. The van der Waals surface area contributed by atoms with Gasteiger partial charge in [0.2, 0.25) is 11.4 Å². The molecule has 4 amide bonds. The first-order valence-electron chi connectivity index (χ1n) is 25.7. The molecule has 0 spiro atoms. The maximum Gasteiger partial charge on any atom is 0.413 e. The first-order chi connectivity index (χ1) is 38.6. The third kappa shape index (κ3) is 16.5. The number of esters is 1. The van der Waals surface area contributed by atoms with Gasteiger partial charge >= 0.3 is 22.4 Å². The van der Waals surface area contributed by atoms with Crippen molar-refractivity contribution < 1.29 is 74.7 Å².